The number of hydrogen-bond donors (Lipinski definition) is 1. The largest absolute Gasteiger partial charge is 0.352 e. The molecule has 202 valence electrons. The quantitative estimate of drug-likeness (QED) is 0.296. The molecule has 2 aromatic carbocycles. The first-order chi connectivity index (χ1) is 17.3. The van der Waals surface area contributed by atoms with E-state index in [1.54, 1.807) is 19.1 Å². The van der Waals surface area contributed by atoms with E-state index in [2.05, 4.69) is 5.32 Å². The van der Waals surface area contributed by atoms with Gasteiger partial charge in [0.15, 0.2) is 0 Å². The molecule has 0 fully saturated rings. The molecule has 10 nitrogen and oxygen atoms in total. The highest BCUT2D eigenvalue weighted by Crippen LogP contribution is 2.26. The van der Waals surface area contributed by atoms with Gasteiger partial charge in [-0.05, 0) is 43.5 Å². The van der Waals surface area contributed by atoms with E-state index in [1.807, 2.05) is 13.8 Å². The molecule has 0 spiro atoms. The summed E-state index contributed by atoms with van der Waals surface area (Å²) in [4.78, 5) is 38.6. The number of carbonyl (C=O) groups is 2. The molecule has 0 heterocycles. The average molecular weight is 573 g/mol. The first-order valence-electron chi connectivity index (χ1n) is 11.5. The molecule has 0 bridgehead atoms. The summed E-state index contributed by atoms with van der Waals surface area (Å²) in [5, 5.41) is 14.8. The minimum Gasteiger partial charge on any atom is -0.352 e. The molecule has 0 unspecified atom stereocenters. The minimum absolute atomic E-state index is 0.0494. The van der Waals surface area contributed by atoms with Crippen molar-refractivity contribution in [3.8, 4) is 0 Å². The van der Waals surface area contributed by atoms with Crippen LogP contribution in [-0.2, 0) is 26.2 Å². The minimum atomic E-state index is -4.03. The van der Waals surface area contributed by atoms with Gasteiger partial charge in [0.05, 0.1) is 16.9 Å². The van der Waals surface area contributed by atoms with Gasteiger partial charge in [0, 0.05) is 34.8 Å². The second-order valence-corrected chi connectivity index (χ2v) is 11.3. The van der Waals surface area contributed by atoms with Gasteiger partial charge in [0.1, 0.15) is 12.6 Å². The van der Waals surface area contributed by atoms with Crippen LogP contribution in [0.3, 0.4) is 0 Å². The van der Waals surface area contributed by atoms with Gasteiger partial charge < -0.3 is 10.2 Å². The maximum atomic E-state index is 13.7. The van der Waals surface area contributed by atoms with Crippen molar-refractivity contribution in [1.82, 2.24) is 10.2 Å². The lowest BCUT2D eigenvalue weighted by Crippen LogP contribution is -2.53. The van der Waals surface area contributed by atoms with Crippen molar-refractivity contribution in [1.29, 1.82) is 0 Å². The molecule has 2 aromatic rings. The average Bonchev–Trinajstić information content (AvgIpc) is 2.82. The molecule has 2 atom stereocenters. The molecule has 0 radical (unpaired) electrons. The predicted octanol–water partition coefficient (Wildman–Crippen LogP) is 4.39. The molecule has 0 aromatic heterocycles. The number of benzene rings is 2. The van der Waals surface area contributed by atoms with Crippen LogP contribution in [0.5, 0.6) is 0 Å². The summed E-state index contributed by atoms with van der Waals surface area (Å²) in [6.45, 7) is 4.71. The van der Waals surface area contributed by atoms with Crippen LogP contribution in [0.4, 0.5) is 11.4 Å². The smallest absolute Gasteiger partial charge is 0.271 e. The van der Waals surface area contributed by atoms with Crippen LogP contribution in [0.2, 0.25) is 10.0 Å². The van der Waals surface area contributed by atoms with Crippen LogP contribution in [0, 0.1) is 10.1 Å². The Labute approximate surface area is 226 Å². The number of halogens is 2. The predicted molar refractivity (Wildman–Crippen MR) is 144 cm³/mol. The topological polar surface area (TPSA) is 130 Å². The van der Waals surface area contributed by atoms with Crippen molar-refractivity contribution in [2.24, 2.45) is 0 Å². The van der Waals surface area contributed by atoms with E-state index >= 15 is 0 Å². The molecule has 0 aliphatic carbocycles. The Balaban J connectivity index is 2.51. The summed E-state index contributed by atoms with van der Waals surface area (Å²) in [5.41, 5.74) is 0.129. The van der Waals surface area contributed by atoms with E-state index in [-0.39, 0.29) is 35.4 Å². The van der Waals surface area contributed by atoms with Crippen LogP contribution >= 0.6 is 23.2 Å². The first-order valence-corrected chi connectivity index (χ1v) is 14.1. The number of non-ortho nitro benzene ring substituents is 1. The number of nitro benzene ring substituents is 1. The van der Waals surface area contributed by atoms with Crippen molar-refractivity contribution < 1.29 is 22.9 Å². The Morgan fingerprint density at radius 2 is 1.78 bits per heavy atom. The number of hydrogen-bond acceptors (Lipinski definition) is 6. The van der Waals surface area contributed by atoms with Gasteiger partial charge in [-0.15, -0.1) is 0 Å². The number of amides is 2. The van der Waals surface area contributed by atoms with E-state index in [9.17, 15) is 28.1 Å². The van der Waals surface area contributed by atoms with Crippen LogP contribution < -0.4 is 9.62 Å². The van der Waals surface area contributed by atoms with Crippen molar-refractivity contribution in [3.63, 3.8) is 0 Å². The molecule has 1 N–H and O–H groups in total. The Hall–Kier alpha value is -2.89. The molecule has 0 aliphatic rings. The fourth-order valence-corrected chi connectivity index (χ4v) is 4.88. The lowest BCUT2D eigenvalue weighted by atomic mass is 10.1. The monoisotopic (exact) mass is 572 g/mol. The first kappa shape index (κ1) is 30.3. The number of rotatable bonds is 12. The summed E-state index contributed by atoms with van der Waals surface area (Å²) in [6, 6.07) is 8.62. The maximum absolute atomic E-state index is 13.7. The SMILES string of the molecule is CC[C@H](C)NC(=O)[C@H](CC)N(Cc1ccc(Cl)cc1Cl)C(=O)CN(c1cccc([N+](=O)[O-])c1)S(C)(=O)=O. The van der Waals surface area contributed by atoms with Gasteiger partial charge in [0.25, 0.3) is 5.69 Å². The van der Waals surface area contributed by atoms with E-state index in [0.717, 1.165) is 16.6 Å². The second kappa shape index (κ2) is 13.1. The van der Waals surface area contributed by atoms with Gasteiger partial charge in [-0.25, -0.2) is 8.42 Å². The van der Waals surface area contributed by atoms with Gasteiger partial charge >= 0.3 is 0 Å². The van der Waals surface area contributed by atoms with E-state index in [4.69, 9.17) is 23.2 Å². The lowest BCUT2D eigenvalue weighted by Gasteiger charge is -2.33. The number of nitro groups is 1. The van der Waals surface area contributed by atoms with Crippen molar-refractivity contribution in [2.45, 2.75) is 52.2 Å². The number of carbonyl (C=O) groups excluding carboxylic acids is 2. The zero-order valence-corrected chi connectivity index (χ0v) is 23.3. The van der Waals surface area contributed by atoms with Crippen LogP contribution in [0.15, 0.2) is 42.5 Å². The van der Waals surface area contributed by atoms with E-state index in [0.29, 0.717) is 17.0 Å². The third kappa shape index (κ3) is 8.31. The molecule has 0 saturated carbocycles. The number of nitrogens with zero attached hydrogens (tertiary/aromatic N) is 3. The summed E-state index contributed by atoms with van der Waals surface area (Å²) in [6.07, 6.45) is 1.81. The molecule has 2 amide bonds. The molecule has 0 saturated heterocycles. The third-order valence-corrected chi connectivity index (χ3v) is 7.48. The molecule has 2 rings (SSSR count). The van der Waals surface area contributed by atoms with Crippen LogP contribution in [0.1, 0.15) is 39.2 Å². The van der Waals surface area contributed by atoms with Crippen molar-refractivity contribution >= 4 is 56.4 Å². The highest BCUT2D eigenvalue weighted by atomic mass is 35.5. The summed E-state index contributed by atoms with van der Waals surface area (Å²) in [7, 11) is -4.03. The van der Waals surface area contributed by atoms with E-state index in [1.165, 1.54) is 29.2 Å². The fourth-order valence-electron chi connectivity index (χ4n) is 3.57. The Morgan fingerprint density at radius 3 is 2.32 bits per heavy atom. The van der Waals surface area contributed by atoms with Gasteiger partial charge in [-0.2, -0.15) is 0 Å². The van der Waals surface area contributed by atoms with E-state index < -0.39 is 39.3 Å². The summed E-state index contributed by atoms with van der Waals surface area (Å²) < 4.78 is 26.1. The molecule has 0 aliphatic heterocycles. The number of nitrogens with one attached hydrogen (secondary N) is 1. The normalized spacial score (nSPS) is 12.9. The zero-order chi connectivity index (χ0) is 27.9. The highest BCUT2D eigenvalue weighted by molar-refractivity contribution is 7.92. The molecular weight excluding hydrogens is 543 g/mol. The van der Waals surface area contributed by atoms with Crippen molar-refractivity contribution in [3.05, 3.63) is 68.2 Å². The maximum Gasteiger partial charge on any atom is 0.271 e. The van der Waals surface area contributed by atoms with Gasteiger partial charge in [-0.3, -0.25) is 24.0 Å². The lowest BCUT2D eigenvalue weighted by molar-refractivity contribution is -0.384. The molecule has 37 heavy (non-hydrogen) atoms. The third-order valence-electron chi connectivity index (χ3n) is 5.75. The van der Waals surface area contributed by atoms with Crippen molar-refractivity contribution in [2.75, 3.05) is 17.1 Å². The number of sulfonamides is 1. The Kier molecular flexibility index (Phi) is 10.7. The zero-order valence-electron chi connectivity index (χ0n) is 21.0. The fraction of sp³-hybridized carbons (Fsp3) is 0.417. The Morgan fingerprint density at radius 1 is 1.11 bits per heavy atom. The summed E-state index contributed by atoms with van der Waals surface area (Å²) >= 11 is 12.3. The number of anilines is 1. The standard InChI is InChI=1S/C24H30Cl2N4O6S/c1-5-16(3)27-24(32)22(6-2)28(14-17-10-11-18(25)12-21(17)26)23(31)15-29(37(4,35)36)19-8-7-9-20(13-19)30(33)34/h7-13,16,22H,5-6,14-15H2,1-4H3,(H,27,32)/t16-,22-/m0/s1. The summed E-state index contributed by atoms with van der Waals surface area (Å²) in [5.74, 6) is -1.08. The van der Waals surface area contributed by atoms with Crippen LogP contribution in [0.25, 0.3) is 0 Å². The molecule has 13 heteroatoms. The Bertz CT molecular complexity index is 1260. The van der Waals surface area contributed by atoms with Gasteiger partial charge in [0.2, 0.25) is 21.8 Å². The molecular formula is C24H30Cl2N4O6S. The second-order valence-electron chi connectivity index (χ2n) is 8.55. The highest BCUT2D eigenvalue weighted by Gasteiger charge is 2.32. The van der Waals surface area contributed by atoms with Crippen LogP contribution in [-0.4, -0.2) is 54.9 Å². The van der Waals surface area contributed by atoms with Gasteiger partial charge in [-0.1, -0.05) is 49.2 Å².